The molecule has 1 aromatic heterocycles. The molecular weight excluding hydrogens is 210 g/mol. The van der Waals surface area contributed by atoms with Gasteiger partial charge in [-0.2, -0.15) is 0 Å². The summed E-state index contributed by atoms with van der Waals surface area (Å²) in [6, 6.07) is -0.269. The van der Waals surface area contributed by atoms with Crippen LogP contribution in [0.1, 0.15) is 17.3 Å². The van der Waals surface area contributed by atoms with Crippen LogP contribution < -0.4 is 5.73 Å². The van der Waals surface area contributed by atoms with E-state index in [9.17, 15) is 8.42 Å². The molecular formula is C6H11N3O2S2. The number of nitrogens with two attached hydrogens (primary N) is 1. The molecule has 1 atom stereocenters. The first-order valence-electron chi connectivity index (χ1n) is 3.69. The van der Waals surface area contributed by atoms with Gasteiger partial charge in [0.25, 0.3) is 0 Å². The summed E-state index contributed by atoms with van der Waals surface area (Å²) in [4.78, 5) is 0.823. The van der Waals surface area contributed by atoms with Crippen molar-refractivity contribution in [2.45, 2.75) is 12.5 Å². The van der Waals surface area contributed by atoms with E-state index in [1.165, 1.54) is 17.8 Å². The Morgan fingerprint density at radius 3 is 2.85 bits per heavy atom. The average molecular weight is 221 g/mol. The van der Waals surface area contributed by atoms with Crippen molar-refractivity contribution in [1.82, 2.24) is 9.59 Å². The van der Waals surface area contributed by atoms with Gasteiger partial charge in [-0.3, -0.25) is 0 Å². The molecule has 1 unspecified atom stereocenters. The maximum atomic E-state index is 10.8. The molecule has 0 amide bonds. The highest BCUT2D eigenvalue weighted by Crippen LogP contribution is 2.16. The molecule has 5 nitrogen and oxygen atoms in total. The molecule has 0 aromatic carbocycles. The Kier molecular flexibility index (Phi) is 3.34. The lowest BCUT2D eigenvalue weighted by molar-refractivity contribution is 0.592. The molecule has 0 aliphatic rings. The van der Waals surface area contributed by atoms with E-state index in [2.05, 4.69) is 9.59 Å². The molecule has 0 radical (unpaired) electrons. The zero-order chi connectivity index (χ0) is 9.90. The third kappa shape index (κ3) is 3.79. The van der Waals surface area contributed by atoms with Crippen LogP contribution in [0.5, 0.6) is 0 Å². The van der Waals surface area contributed by atoms with Crippen LogP contribution in [-0.2, 0) is 9.84 Å². The van der Waals surface area contributed by atoms with Crippen molar-refractivity contribution >= 4 is 21.4 Å². The molecule has 0 fully saturated rings. The smallest absolute Gasteiger partial charge is 0.147 e. The fraction of sp³-hybridized carbons (Fsp3) is 0.667. The van der Waals surface area contributed by atoms with E-state index in [0.29, 0.717) is 6.42 Å². The summed E-state index contributed by atoms with van der Waals surface area (Å²) in [6.45, 7) is 0. The van der Waals surface area contributed by atoms with Crippen LogP contribution in [0, 0.1) is 0 Å². The zero-order valence-corrected chi connectivity index (χ0v) is 8.81. The second-order valence-corrected chi connectivity index (χ2v) is 5.92. The highest BCUT2D eigenvalue weighted by atomic mass is 32.2. The number of rotatable bonds is 4. The van der Waals surface area contributed by atoms with Gasteiger partial charge in [-0.1, -0.05) is 4.49 Å². The summed E-state index contributed by atoms with van der Waals surface area (Å²) < 4.78 is 25.3. The van der Waals surface area contributed by atoms with Gasteiger partial charge in [-0.15, -0.1) is 5.10 Å². The Bertz CT molecular complexity index is 346. The van der Waals surface area contributed by atoms with Crippen molar-refractivity contribution in [2.75, 3.05) is 12.0 Å². The predicted molar refractivity (Wildman–Crippen MR) is 51.2 cm³/mol. The van der Waals surface area contributed by atoms with Crippen molar-refractivity contribution in [3.05, 3.63) is 11.1 Å². The molecule has 0 aliphatic heterocycles. The molecule has 0 spiro atoms. The molecule has 1 aromatic rings. The fourth-order valence-electron chi connectivity index (χ4n) is 0.821. The molecule has 0 bridgehead atoms. The highest BCUT2D eigenvalue weighted by molar-refractivity contribution is 7.90. The van der Waals surface area contributed by atoms with Crippen molar-refractivity contribution in [3.8, 4) is 0 Å². The van der Waals surface area contributed by atoms with Gasteiger partial charge in [0.2, 0.25) is 0 Å². The maximum absolute atomic E-state index is 10.8. The first-order valence-corrected chi connectivity index (χ1v) is 6.53. The largest absolute Gasteiger partial charge is 0.323 e. The monoisotopic (exact) mass is 221 g/mol. The van der Waals surface area contributed by atoms with Crippen molar-refractivity contribution in [3.63, 3.8) is 0 Å². The van der Waals surface area contributed by atoms with Gasteiger partial charge in [0.05, 0.1) is 16.8 Å². The van der Waals surface area contributed by atoms with Gasteiger partial charge in [0, 0.05) is 12.3 Å². The summed E-state index contributed by atoms with van der Waals surface area (Å²) in [7, 11) is -2.93. The molecule has 2 N–H and O–H groups in total. The minimum absolute atomic E-state index is 0.103. The van der Waals surface area contributed by atoms with Gasteiger partial charge >= 0.3 is 0 Å². The minimum Gasteiger partial charge on any atom is -0.323 e. The molecule has 0 saturated heterocycles. The molecule has 1 heterocycles. The van der Waals surface area contributed by atoms with E-state index in [0.717, 1.165) is 4.88 Å². The number of hydrogen-bond acceptors (Lipinski definition) is 6. The maximum Gasteiger partial charge on any atom is 0.147 e. The van der Waals surface area contributed by atoms with Crippen LogP contribution in [0.15, 0.2) is 6.20 Å². The summed E-state index contributed by atoms with van der Waals surface area (Å²) in [6.07, 6.45) is 3.19. The first kappa shape index (κ1) is 10.6. The first-order chi connectivity index (χ1) is 5.99. The minimum atomic E-state index is -2.93. The molecule has 0 saturated carbocycles. The van der Waals surface area contributed by atoms with Crippen LogP contribution in [0.4, 0.5) is 0 Å². The molecule has 7 heteroatoms. The van der Waals surface area contributed by atoms with E-state index < -0.39 is 9.84 Å². The third-order valence-corrected chi connectivity index (χ3v) is 3.32. The summed E-state index contributed by atoms with van der Waals surface area (Å²) in [5.74, 6) is 0.103. The number of hydrogen-bond donors (Lipinski definition) is 1. The lowest BCUT2D eigenvalue weighted by Gasteiger charge is -2.05. The van der Waals surface area contributed by atoms with E-state index in [1.807, 2.05) is 0 Å². The van der Waals surface area contributed by atoms with Crippen LogP contribution in [0.2, 0.25) is 0 Å². The SMILES string of the molecule is CS(=O)(=O)CCC(N)c1cnns1. The van der Waals surface area contributed by atoms with Gasteiger partial charge in [0.15, 0.2) is 0 Å². The van der Waals surface area contributed by atoms with E-state index in [-0.39, 0.29) is 11.8 Å². The zero-order valence-electron chi connectivity index (χ0n) is 7.17. The number of nitrogens with zero attached hydrogens (tertiary/aromatic N) is 2. The topological polar surface area (TPSA) is 85.9 Å². The van der Waals surface area contributed by atoms with Crippen molar-refractivity contribution < 1.29 is 8.42 Å². The van der Waals surface area contributed by atoms with E-state index >= 15 is 0 Å². The Morgan fingerprint density at radius 1 is 1.69 bits per heavy atom. The van der Waals surface area contributed by atoms with E-state index in [4.69, 9.17) is 5.73 Å². The fourth-order valence-corrected chi connectivity index (χ4v) is 2.04. The summed E-state index contributed by atoms with van der Waals surface area (Å²) in [5, 5.41) is 3.63. The molecule has 74 valence electrons. The van der Waals surface area contributed by atoms with Crippen LogP contribution in [0.3, 0.4) is 0 Å². The van der Waals surface area contributed by atoms with Crippen molar-refractivity contribution in [1.29, 1.82) is 0 Å². The Labute approximate surface area is 81.0 Å². The third-order valence-electron chi connectivity index (χ3n) is 1.54. The normalized spacial score (nSPS) is 14.3. The predicted octanol–water partition coefficient (Wildman–Crippen LogP) is -0.0274. The Morgan fingerprint density at radius 2 is 2.38 bits per heavy atom. The second-order valence-electron chi connectivity index (χ2n) is 2.84. The summed E-state index contributed by atoms with van der Waals surface area (Å²) in [5.41, 5.74) is 5.71. The quantitative estimate of drug-likeness (QED) is 0.771. The number of sulfone groups is 1. The molecule has 1 rings (SSSR count). The summed E-state index contributed by atoms with van der Waals surface area (Å²) >= 11 is 1.20. The second kappa shape index (κ2) is 4.12. The van der Waals surface area contributed by atoms with Crippen LogP contribution >= 0.6 is 11.5 Å². The Balaban J connectivity index is 2.48. The van der Waals surface area contributed by atoms with Crippen molar-refractivity contribution in [2.24, 2.45) is 5.73 Å². The van der Waals surface area contributed by atoms with Crippen LogP contribution in [-0.4, -0.2) is 30.0 Å². The number of aromatic nitrogens is 2. The molecule has 13 heavy (non-hydrogen) atoms. The highest BCUT2D eigenvalue weighted by Gasteiger charge is 2.11. The van der Waals surface area contributed by atoms with Crippen LogP contribution in [0.25, 0.3) is 0 Å². The van der Waals surface area contributed by atoms with Gasteiger partial charge in [-0.25, -0.2) is 8.42 Å². The average Bonchev–Trinajstić information content (AvgIpc) is 2.50. The lowest BCUT2D eigenvalue weighted by atomic mass is 10.2. The molecule has 0 aliphatic carbocycles. The lowest BCUT2D eigenvalue weighted by Crippen LogP contribution is -2.14. The van der Waals surface area contributed by atoms with Gasteiger partial charge < -0.3 is 5.73 Å². The van der Waals surface area contributed by atoms with Gasteiger partial charge in [0.1, 0.15) is 9.84 Å². The van der Waals surface area contributed by atoms with Gasteiger partial charge in [-0.05, 0) is 18.0 Å². The Hall–Kier alpha value is -0.530. The standard InChI is InChI=1S/C6H11N3O2S2/c1-13(10,11)3-2-5(7)6-4-8-9-12-6/h4-5H,2-3,7H2,1H3. The van der Waals surface area contributed by atoms with E-state index in [1.54, 1.807) is 6.20 Å².